The number of anilines is 1. The summed E-state index contributed by atoms with van der Waals surface area (Å²) in [5, 5.41) is 8.12. The molecule has 3 aromatic carbocycles. The number of hydrogen-bond acceptors (Lipinski definition) is 5. The molecule has 164 valence electrons. The summed E-state index contributed by atoms with van der Waals surface area (Å²) in [4.78, 5) is 0.0845. The van der Waals surface area contributed by atoms with Crippen LogP contribution in [-0.4, -0.2) is 25.4 Å². The maximum Gasteiger partial charge on any atom is 0.283 e. The Balaban J connectivity index is 1.73. The van der Waals surface area contributed by atoms with Gasteiger partial charge in [0.05, 0.1) is 22.3 Å². The van der Waals surface area contributed by atoms with Crippen molar-refractivity contribution in [3.63, 3.8) is 0 Å². The minimum atomic E-state index is -3.90. The third-order valence-corrected chi connectivity index (χ3v) is 7.56. The van der Waals surface area contributed by atoms with Crippen LogP contribution in [0.2, 0.25) is 10.0 Å². The monoisotopic (exact) mass is 503 g/mol. The van der Waals surface area contributed by atoms with Crippen LogP contribution >= 0.6 is 35.0 Å². The molecule has 9 heteroatoms. The normalized spacial score (nSPS) is 16.8. The highest BCUT2D eigenvalue weighted by atomic mass is 35.5. The maximum atomic E-state index is 12.9. The van der Waals surface area contributed by atoms with Crippen molar-refractivity contribution in [2.45, 2.75) is 17.4 Å². The van der Waals surface area contributed by atoms with E-state index in [0.29, 0.717) is 27.2 Å². The van der Waals surface area contributed by atoms with Gasteiger partial charge < -0.3 is 0 Å². The zero-order valence-corrected chi connectivity index (χ0v) is 20.2. The third kappa shape index (κ3) is 5.02. The summed E-state index contributed by atoms with van der Waals surface area (Å²) in [5.41, 5.74) is 2.54. The largest absolute Gasteiger partial charge is 0.283 e. The molecule has 5 nitrogen and oxygen atoms in total. The minimum absolute atomic E-state index is 0.0845. The lowest BCUT2D eigenvalue weighted by Crippen LogP contribution is -2.18. The number of hydrazone groups is 1. The Kier molecular flexibility index (Phi) is 6.90. The molecule has 0 bridgehead atoms. The Morgan fingerprint density at radius 2 is 1.56 bits per heavy atom. The van der Waals surface area contributed by atoms with Gasteiger partial charge in [-0.05, 0) is 60.4 Å². The smallest absolute Gasteiger partial charge is 0.257 e. The van der Waals surface area contributed by atoms with Gasteiger partial charge in [0, 0.05) is 16.5 Å². The number of rotatable bonds is 5. The van der Waals surface area contributed by atoms with Crippen molar-refractivity contribution in [2.75, 3.05) is 11.3 Å². The van der Waals surface area contributed by atoms with E-state index < -0.39 is 10.0 Å². The highest BCUT2D eigenvalue weighted by molar-refractivity contribution is 8.15. The first-order valence-electron chi connectivity index (χ1n) is 9.69. The molecule has 3 aromatic rings. The van der Waals surface area contributed by atoms with Gasteiger partial charge >= 0.3 is 0 Å². The molecule has 0 radical (unpaired) electrons. The fourth-order valence-corrected chi connectivity index (χ4v) is 5.50. The summed E-state index contributed by atoms with van der Waals surface area (Å²) in [6.07, 6.45) is 2.31. The third-order valence-electron chi connectivity index (χ3n) is 4.94. The Hall–Kier alpha value is -2.32. The SMILES string of the molecule is CS/C(=N\S(=O)(=O)c1ccc(Cl)cc1)C1=NN(c2ccc(Cl)cc2)[C@@H](c2ccccc2)C1. The van der Waals surface area contributed by atoms with Crippen LogP contribution in [0.15, 0.2) is 93.3 Å². The highest BCUT2D eigenvalue weighted by Gasteiger charge is 2.32. The van der Waals surface area contributed by atoms with Gasteiger partial charge in [-0.25, -0.2) is 0 Å². The summed E-state index contributed by atoms with van der Waals surface area (Å²) in [7, 11) is -3.90. The molecule has 0 fully saturated rings. The molecule has 32 heavy (non-hydrogen) atoms. The highest BCUT2D eigenvalue weighted by Crippen LogP contribution is 2.36. The van der Waals surface area contributed by atoms with Crippen LogP contribution in [0.4, 0.5) is 5.69 Å². The molecule has 0 amide bonds. The van der Waals surface area contributed by atoms with Crippen molar-refractivity contribution in [3.05, 3.63) is 94.5 Å². The van der Waals surface area contributed by atoms with Gasteiger partial charge in [0.1, 0.15) is 5.04 Å². The van der Waals surface area contributed by atoms with E-state index in [4.69, 9.17) is 28.3 Å². The first kappa shape index (κ1) is 22.9. The molecule has 1 aliphatic heterocycles. The second kappa shape index (κ2) is 9.67. The van der Waals surface area contributed by atoms with Crippen LogP contribution in [0.3, 0.4) is 0 Å². The van der Waals surface area contributed by atoms with Gasteiger partial charge in [-0.15, -0.1) is 11.8 Å². The Bertz CT molecular complexity index is 1260. The molecule has 1 heterocycles. The number of benzene rings is 3. The second-order valence-electron chi connectivity index (χ2n) is 7.03. The number of sulfonamides is 1. The lowest BCUT2D eigenvalue weighted by molar-refractivity contribution is 0.598. The van der Waals surface area contributed by atoms with Gasteiger partial charge in [-0.3, -0.25) is 5.01 Å². The lowest BCUT2D eigenvalue weighted by Gasteiger charge is -2.24. The molecule has 0 N–H and O–H groups in total. The molecule has 4 rings (SSSR count). The summed E-state index contributed by atoms with van der Waals surface area (Å²) in [5.74, 6) is 0. The summed E-state index contributed by atoms with van der Waals surface area (Å²) in [6, 6.07) is 23.2. The molecule has 0 aromatic heterocycles. The number of thioether (sulfide) groups is 1. The molecule has 1 aliphatic rings. The molecule has 0 aliphatic carbocycles. The first-order chi connectivity index (χ1) is 15.4. The second-order valence-corrected chi connectivity index (χ2v) is 10.3. The zero-order valence-electron chi connectivity index (χ0n) is 17.0. The van der Waals surface area contributed by atoms with Gasteiger partial charge in [-0.2, -0.15) is 17.9 Å². The van der Waals surface area contributed by atoms with Gasteiger partial charge in [-0.1, -0.05) is 53.5 Å². The predicted molar refractivity (Wildman–Crippen MR) is 135 cm³/mol. The maximum absolute atomic E-state index is 12.9. The predicted octanol–water partition coefficient (Wildman–Crippen LogP) is 6.45. The lowest BCUT2D eigenvalue weighted by atomic mass is 10.0. The molecular formula is C23H19Cl2N3O2S2. The Labute approximate surface area is 201 Å². The number of hydrogen-bond donors (Lipinski definition) is 0. The summed E-state index contributed by atoms with van der Waals surface area (Å²) in [6.45, 7) is 0. The first-order valence-corrected chi connectivity index (χ1v) is 13.1. The van der Waals surface area contributed by atoms with Crippen molar-refractivity contribution in [1.82, 2.24) is 0 Å². The van der Waals surface area contributed by atoms with Crippen molar-refractivity contribution >= 4 is 61.4 Å². The fraction of sp³-hybridized carbons (Fsp3) is 0.130. The van der Waals surface area contributed by atoms with Crippen molar-refractivity contribution < 1.29 is 8.42 Å². The van der Waals surface area contributed by atoms with Crippen LogP contribution in [0, 0.1) is 0 Å². The topological polar surface area (TPSA) is 62.1 Å². The Morgan fingerprint density at radius 1 is 0.969 bits per heavy atom. The van der Waals surface area contributed by atoms with Crippen LogP contribution in [0.1, 0.15) is 18.0 Å². The van der Waals surface area contributed by atoms with Crippen LogP contribution < -0.4 is 5.01 Å². The molecule has 0 saturated heterocycles. The van der Waals surface area contributed by atoms with Crippen LogP contribution in [0.5, 0.6) is 0 Å². The van der Waals surface area contributed by atoms with Crippen molar-refractivity contribution in [3.8, 4) is 0 Å². The summed E-state index contributed by atoms with van der Waals surface area (Å²) < 4.78 is 29.9. The fourth-order valence-electron chi connectivity index (χ4n) is 3.38. The van der Waals surface area contributed by atoms with Gasteiger partial charge in [0.2, 0.25) is 0 Å². The van der Waals surface area contributed by atoms with E-state index in [1.54, 1.807) is 18.4 Å². The summed E-state index contributed by atoms with van der Waals surface area (Å²) >= 11 is 13.2. The Morgan fingerprint density at radius 3 is 2.16 bits per heavy atom. The molecule has 0 unspecified atom stereocenters. The van der Waals surface area contributed by atoms with E-state index in [9.17, 15) is 8.42 Å². The molecule has 1 atom stereocenters. The van der Waals surface area contributed by atoms with Gasteiger partial charge in [0.15, 0.2) is 0 Å². The molecule has 0 saturated carbocycles. The minimum Gasteiger partial charge on any atom is -0.257 e. The van der Waals surface area contributed by atoms with Crippen molar-refractivity contribution in [2.24, 2.45) is 9.50 Å². The molecule has 0 spiro atoms. The van der Waals surface area contributed by atoms with E-state index in [1.807, 2.05) is 47.5 Å². The van der Waals surface area contributed by atoms with E-state index >= 15 is 0 Å². The van der Waals surface area contributed by atoms with Crippen LogP contribution in [0.25, 0.3) is 0 Å². The quantitative estimate of drug-likeness (QED) is 0.296. The van der Waals surface area contributed by atoms with Gasteiger partial charge in [0.25, 0.3) is 10.0 Å². The van der Waals surface area contributed by atoms with E-state index in [-0.39, 0.29) is 10.9 Å². The number of nitrogens with zero attached hydrogens (tertiary/aromatic N) is 3. The van der Waals surface area contributed by atoms with E-state index in [1.165, 1.54) is 36.0 Å². The molecular weight excluding hydrogens is 485 g/mol. The van der Waals surface area contributed by atoms with Crippen molar-refractivity contribution in [1.29, 1.82) is 0 Å². The van der Waals surface area contributed by atoms with E-state index in [2.05, 4.69) is 4.40 Å². The average Bonchev–Trinajstić information content (AvgIpc) is 3.24. The average molecular weight is 504 g/mol. The standard InChI is InChI=1S/C23H19Cl2N3O2S2/c1-31-23(27-32(29,30)20-13-9-18(25)10-14-20)21-15-22(16-5-3-2-4-6-16)28(26-21)19-11-7-17(24)8-12-19/h2-14,22H,15H2,1H3/b27-23-/t22-/m1/s1. The number of halogens is 2. The zero-order chi connectivity index (χ0) is 22.7. The van der Waals surface area contributed by atoms with E-state index in [0.717, 1.165) is 11.3 Å². The van der Waals surface area contributed by atoms with Crippen LogP contribution in [-0.2, 0) is 10.0 Å².